The fourth-order valence-electron chi connectivity index (χ4n) is 2.93. The second-order valence-corrected chi connectivity index (χ2v) is 6.37. The molecule has 0 aliphatic heterocycles. The second kappa shape index (κ2) is 5.48. The number of ether oxygens (including phenoxy) is 1. The van der Waals surface area contributed by atoms with Gasteiger partial charge in [-0.15, -0.1) is 11.3 Å². The van der Waals surface area contributed by atoms with Crippen LogP contribution < -0.4 is 0 Å². The molecule has 1 saturated carbocycles. The van der Waals surface area contributed by atoms with Crippen LogP contribution in [0, 0.1) is 11.3 Å². The highest BCUT2D eigenvalue weighted by atomic mass is 32.1. The Bertz CT molecular complexity index is 904. The normalized spacial score (nSPS) is 20.0. The first-order chi connectivity index (χ1) is 11.3. The molecule has 0 saturated heterocycles. The SMILES string of the molecule is N#Cc1ccc2scnc2c1C1CC(OC(=O)n2ccnc2)C1. The molecule has 2 aromatic heterocycles. The summed E-state index contributed by atoms with van der Waals surface area (Å²) in [6, 6.07) is 6.03. The monoisotopic (exact) mass is 324 g/mol. The Labute approximate surface area is 136 Å². The molecule has 1 aromatic carbocycles. The Morgan fingerprint density at radius 3 is 3.04 bits per heavy atom. The van der Waals surface area contributed by atoms with Crippen molar-refractivity contribution in [3.8, 4) is 6.07 Å². The van der Waals surface area contributed by atoms with Crippen LogP contribution in [0.1, 0.15) is 29.9 Å². The maximum atomic E-state index is 11.9. The highest BCUT2D eigenvalue weighted by Crippen LogP contribution is 2.43. The van der Waals surface area contributed by atoms with Crippen molar-refractivity contribution in [2.75, 3.05) is 0 Å². The van der Waals surface area contributed by atoms with E-state index in [1.54, 1.807) is 23.0 Å². The molecule has 0 unspecified atom stereocenters. The van der Waals surface area contributed by atoms with Gasteiger partial charge in [0.25, 0.3) is 0 Å². The predicted molar refractivity (Wildman–Crippen MR) is 84.2 cm³/mol. The molecule has 0 radical (unpaired) electrons. The molecule has 1 fully saturated rings. The number of rotatable bonds is 2. The molecule has 1 aliphatic carbocycles. The number of aromatic nitrogens is 3. The van der Waals surface area contributed by atoms with Crippen molar-refractivity contribution in [3.05, 3.63) is 47.5 Å². The van der Waals surface area contributed by atoms with E-state index in [2.05, 4.69) is 16.0 Å². The van der Waals surface area contributed by atoms with Crippen LogP contribution in [0.3, 0.4) is 0 Å². The first kappa shape index (κ1) is 13.9. The number of nitriles is 1. The average Bonchev–Trinajstić information content (AvgIpc) is 3.19. The van der Waals surface area contributed by atoms with Crippen LogP contribution in [-0.2, 0) is 4.74 Å². The van der Waals surface area contributed by atoms with E-state index in [0.29, 0.717) is 18.4 Å². The van der Waals surface area contributed by atoms with Crippen LogP contribution in [0.25, 0.3) is 10.2 Å². The third-order valence-electron chi connectivity index (χ3n) is 4.15. The number of nitrogens with zero attached hydrogens (tertiary/aromatic N) is 4. The lowest BCUT2D eigenvalue weighted by Crippen LogP contribution is -2.33. The summed E-state index contributed by atoms with van der Waals surface area (Å²) in [4.78, 5) is 20.1. The number of thiazole rings is 1. The fourth-order valence-corrected chi connectivity index (χ4v) is 3.62. The van der Waals surface area contributed by atoms with E-state index < -0.39 is 6.09 Å². The van der Waals surface area contributed by atoms with Crippen LogP contribution in [0.15, 0.2) is 36.4 Å². The van der Waals surface area contributed by atoms with Crippen molar-refractivity contribution < 1.29 is 9.53 Å². The number of benzene rings is 1. The van der Waals surface area contributed by atoms with E-state index in [1.807, 2.05) is 12.1 Å². The van der Waals surface area contributed by atoms with Gasteiger partial charge in [0, 0.05) is 18.0 Å². The summed E-state index contributed by atoms with van der Waals surface area (Å²) >= 11 is 1.57. The number of hydrogen-bond donors (Lipinski definition) is 0. The quantitative estimate of drug-likeness (QED) is 0.722. The summed E-state index contributed by atoms with van der Waals surface area (Å²) in [7, 11) is 0. The highest BCUT2D eigenvalue weighted by molar-refractivity contribution is 7.16. The second-order valence-electron chi connectivity index (χ2n) is 5.48. The first-order valence-corrected chi connectivity index (χ1v) is 8.09. The Morgan fingerprint density at radius 1 is 1.43 bits per heavy atom. The minimum absolute atomic E-state index is 0.129. The number of imidazole rings is 1. The molecular formula is C16H12N4O2S. The van der Waals surface area contributed by atoms with Crippen molar-refractivity contribution >= 4 is 27.6 Å². The summed E-state index contributed by atoms with van der Waals surface area (Å²) in [5.74, 6) is 0.205. The lowest BCUT2D eigenvalue weighted by Gasteiger charge is -2.35. The van der Waals surface area contributed by atoms with E-state index in [9.17, 15) is 10.1 Å². The van der Waals surface area contributed by atoms with E-state index in [1.165, 1.54) is 17.1 Å². The molecule has 7 heteroatoms. The molecule has 2 heterocycles. The Morgan fingerprint density at radius 2 is 2.30 bits per heavy atom. The van der Waals surface area contributed by atoms with Gasteiger partial charge >= 0.3 is 6.09 Å². The summed E-state index contributed by atoms with van der Waals surface area (Å²) < 4.78 is 7.83. The van der Waals surface area contributed by atoms with Gasteiger partial charge in [-0.3, -0.25) is 0 Å². The molecule has 1 aliphatic rings. The fraction of sp³-hybridized carbons (Fsp3) is 0.250. The number of hydrogen-bond acceptors (Lipinski definition) is 6. The smallest absolute Gasteiger partial charge is 0.419 e. The van der Waals surface area contributed by atoms with Crippen molar-refractivity contribution in [1.29, 1.82) is 5.26 Å². The predicted octanol–water partition coefficient (Wildman–Crippen LogP) is 3.30. The van der Waals surface area contributed by atoms with Crippen molar-refractivity contribution in [2.45, 2.75) is 24.9 Å². The zero-order valence-corrected chi connectivity index (χ0v) is 12.9. The molecule has 114 valence electrons. The van der Waals surface area contributed by atoms with E-state index in [0.717, 1.165) is 15.8 Å². The van der Waals surface area contributed by atoms with E-state index in [-0.39, 0.29) is 12.0 Å². The number of carbonyl (C=O) groups excluding carboxylic acids is 1. The van der Waals surface area contributed by atoms with Crippen LogP contribution in [0.4, 0.5) is 4.79 Å². The van der Waals surface area contributed by atoms with E-state index >= 15 is 0 Å². The summed E-state index contributed by atoms with van der Waals surface area (Å²) in [6.07, 6.45) is 5.39. The summed E-state index contributed by atoms with van der Waals surface area (Å²) in [6.45, 7) is 0. The van der Waals surface area contributed by atoms with Gasteiger partial charge < -0.3 is 4.74 Å². The standard InChI is InChI=1S/C16H12N4O2S/c17-7-10-1-2-13-15(19-9-23-13)14(10)11-5-12(6-11)22-16(21)20-4-3-18-8-20/h1-4,8-9,11-12H,5-6H2. The van der Waals surface area contributed by atoms with Gasteiger partial charge in [0.05, 0.1) is 27.4 Å². The van der Waals surface area contributed by atoms with Gasteiger partial charge in [0.2, 0.25) is 0 Å². The molecule has 3 aromatic rings. The van der Waals surface area contributed by atoms with Crippen LogP contribution in [-0.4, -0.2) is 26.7 Å². The molecular weight excluding hydrogens is 312 g/mol. The number of fused-ring (bicyclic) bond motifs is 1. The Balaban J connectivity index is 1.51. The van der Waals surface area contributed by atoms with Gasteiger partial charge in [-0.05, 0) is 30.9 Å². The Hall–Kier alpha value is -2.72. The zero-order chi connectivity index (χ0) is 15.8. The largest absolute Gasteiger partial charge is 0.446 e. The van der Waals surface area contributed by atoms with Crippen molar-refractivity contribution in [1.82, 2.24) is 14.5 Å². The first-order valence-electron chi connectivity index (χ1n) is 7.21. The van der Waals surface area contributed by atoms with Gasteiger partial charge in [-0.2, -0.15) is 5.26 Å². The maximum Gasteiger partial charge on any atom is 0.419 e. The molecule has 6 nitrogen and oxygen atoms in total. The summed E-state index contributed by atoms with van der Waals surface area (Å²) in [5, 5.41) is 9.35. The maximum absolute atomic E-state index is 11.9. The highest BCUT2D eigenvalue weighted by Gasteiger charge is 2.36. The lowest BCUT2D eigenvalue weighted by atomic mass is 9.75. The minimum Gasteiger partial charge on any atom is -0.446 e. The molecule has 0 spiro atoms. The van der Waals surface area contributed by atoms with Gasteiger partial charge in [0.15, 0.2) is 0 Å². The van der Waals surface area contributed by atoms with Crippen molar-refractivity contribution in [2.24, 2.45) is 0 Å². The van der Waals surface area contributed by atoms with Crippen LogP contribution in [0.2, 0.25) is 0 Å². The zero-order valence-electron chi connectivity index (χ0n) is 12.0. The van der Waals surface area contributed by atoms with Crippen molar-refractivity contribution in [3.63, 3.8) is 0 Å². The van der Waals surface area contributed by atoms with Gasteiger partial charge in [0.1, 0.15) is 12.4 Å². The number of carbonyl (C=O) groups is 1. The molecule has 4 rings (SSSR count). The Kier molecular flexibility index (Phi) is 3.32. The summed E-state index contributed by atoms with van der Waals surface area (Å²) in [5.41, 5.74) is 4.34. The average molecular weight is 324 g/mol. The molecule has 0 atom stereocenters. The topological polar surface area (TPSA) is 80.8 Å². The molecule has 23 heavy (non-hydrogen) atoms. The van der Waals surface area contributed by atoms with E-state index in [4.69, 9.17) is 4.74 Å². The third-order valence-corrected chi connectivity index (χ3v) is 4.94. The molecule has 0 amide bonds. The molecule has 0 N–H and O–H groups in total. The minimum atomic E-state index is -0.418. The van der Waals surface area contributed by atoms with Crippen LogP contribution in [0.5, 0.6) is 0 Å². The van der Waals surface area contributed by atoms with Crippen LogP contribution >= 0.6 is 11.3 Å². The molecule has 0 bridgehead atoms. The van der Waals surface area contributed by atoms with Gasteiger partial charge in [-0.1, -0.05) is 0 Å². The van der Waals surface area contributed by atoms with Gasteiger partial charge in [-0.25, -0.2) is 19.3 Å². The lowest BCUT2D eigenvalue weighted by molar-refractivity contribution is 0.0405. The third kappa shape index (κ3) is 2.37.